The number of nitrogens with zero attached hydrogens (tertiary/aromatic N) is 1. The fraction of sp³-hybridized carbons (Fsp3) is 0.462. The van der Waals surface area contributed by atoms with Crippen molar-refractivity contribution in [1.82, 2.24) is 5.32 Å². The average Bonchev–Trinajstić information content (AvgIpc) is 2.42. The van der Waals surface area contributed by atoms with Crippen LogP contribution < -0.4 is 5.32 Å². The summed E-state index contributed by atoms with van der Waals surface area (Å²) in [5.74, 6) is 0. The van der Waals surface area contributed by atoms with Crippen molar-refractivity contribution in [1.29, 1.82) is 0 Å². The second-order valence-corrected chi connectivity index (χ2v) is 6.40. The molecule has 1 aliphatic carbocycles. The van der Waals surface area contributed by atoms with Gasteiger partial charge in [-0.3, -0.25) is 10.1 Å². The molecule has 0 radical (unpaired) electrons. The fourth-order valence-electron chi connectivity index (χ4n) is 3.01. The summed E-state index contributed by atoms with van der Waals surface area (Å²) in [6.45, 7) is 0. The van der Waals surface area contributed by atoms with E-state index < -0.39 is 22.2 Å². The number of hydrogen-bond donors (Lipinski definition) is 2. The molecule has 120 valence electrons. The Morgan fingerprint density at radius 3 is 2.32 bits per heavy atom. The summed E-state index contributed by atoms with van der Waals surface area (Å²) < 4.78 is 0. The van der Waals surface area contributed by atoms with Crippen LogP contribution in [-0.2, 0) is 5.54 Å². The molecule has 0 aromatic heterocycles. The van der Waals surface area contributed by atoms with Crippen LogP contribution in [-0.4, -0.2) is 16.1 Å². The number of nitrogens with one attached hydrogen (secondary N) is 1. The maximum absolute atomic E-state index is 11.4. The molecule has 0 bridgehead atoms. The van der Waals surface area contributed by atoms with Gasteiger partial charge >= 0.3 is 6.09 Å². The Bertz CT molecular complexity index is 630. The molecule has 0 aliphatic heterocycles. The molecule has 1 aromatic rings. The SMILES string of the molecule is O=C(O)NC1(c2c(Cl)cc(Cl)c(Cl)c2[N+](=O)[O-])CCCCC1. The van der Waals surface area contributed by atoms with E-state index in [0.717, 1.165) is 19.3 Å². The molecule has 2 rings (SSSR count). The minimum atomic E-state index is -1.27. The van der Waals surface area contributed by atoms with Crippen LogP contribution >= 0.6 is 34.8 Å². The van der Waals surface area contributed by atoms with Crippen molar-refractivity contribution >= 4 is 46.6 Å². The standard InChI is InChI=1S/C13H13Cl3N2O4/c14-7-6-8(15)10(16)11(18(21)22)9(7)13(17-12(19)20)4-2-1-3-5-13/h6,17H,1-5H2,(H,19,20). The molecule has 1 aromatic carbocycles. The highest BCUT2D eigenvalue weighted by atomic mass is 35.5. The minimum absolute atomic E-state index is 0.0385. The van der Waals surface area contributed by atoms with E-state index in [1.165, 1.54) is 6.07 Å². The monoisotopic (exact) mass is 366 g/mol. The van der Waals surface area contributed by atoms with Crippen molar-refractivity contribution < 1.29 is 14.8 Å². The Balaban J connectivity index is 2.73. The molecule has 0 heterocycles. The van der Waals surface area contributed by atoms with E-state index in [9.17, 15) is 14.9 Å². The molecule has 1 saturated carbocycles. The highest BCUT2D eigenvalue weighted by Gasteiger charge is 2.43. The zero-order valence-electron chi connectivity index (χ0n) is 11.4. The van der Waals surface area contributed by atoms with Crippen LogP contribution in [0.1, 0.15) is 37.7 Å². The quantitative estimate of drug-likeness (QED) is 0.447. The number of nitro benzene ring substituents is 1. The maximum Gasteiger partial charge on any atom is 0.405 e. The molecule has 22 heavy (non-hydrogen) atoms. The van der Waals surface area contributed by atoms with E-state index in [-0.39, 0.29) is 20.6 Å². The predicted molar refractivity (Wildman–Crippen MR) is 84.0 cm³/mol. The number of carboxylic acid groups (broad SMARTS) is 1. The third-order valence-electron chi connectivity index (χ3n) is 3.86. The normalized spacial score (nSPS) is 17.0. The van der Waals surface area contributed by atoms with Crippen LogP contribution in [0.5, 0.6) is 0 Å². The summed E-state index contributed by atoms with van der Waals surface area (Å²) in [5, 5.41) is 22.8. The number of hydrogen-bond acceptors (Lipinski definition) is 3. The van der Waals surface area contributed by atoms with Crippen LogP contribution in [0.15, 0.2) is 6.07 Å². The Morgan fingerprint density at radius 1 is 1.23 bits per heavy atom. The van der Waals surface area contributed by atoms with Crippen molar-refractivity contribution in [2.24, 2.45) is 0 Å². The fourth-order valence-corrected chi connectivity index (χ4v) is 3.86. The summed E-state index contributed by atoms with van der Waals surface area (Å²) in [7, 11) is 0. The van der Waals surface area contributed by atoms with Gasteiger partial charge in [0, 0.05) is 0 Å². The van der Waals surface area contributed by atoms with Crippen molar-refractivity contribution in [2.75, 3.05) is 0 Å². The van der Waals surface area contributed by atoms with Gasteiger partial charge in [-0.2, -0.15) is 0 Å². The molecule has 1 fully saturated rings. The molecule has 1 amide bonds. The lowest BCUT2D eigenvalue weighted by Gasteiger charge is -2.37. The van der Waals surface area contributed by atoms with Crippen molar-refractivity contribution in [3.05, 3.63) is 36.8 Å². The van der Waals surface area contributed by atoms with Crippen LogP contribution in [0.25, 0.3) is 0 Å². The lowest BCUT2D eigenvalue weighted by Crippen LogP contribution is -2.47. The van der Waals surface area contributed by atoms with Crippen LogP contribution in [0, 0.1) is 10.1 Å². The maximum atomic E-state index is 11.4. The van der Waals surface area contributed by atoms with E-state index in [2.05, 4.69) is 5.32 Å². The third kappa shape index (κ3) is 3.09. The predicted octanol–water partition coefficient (Wildman–Crippen LogP) is 4.98. The molecule has 0 spiro atoms. The lowest BCUT2D eigenvalue weighted by atomic mass is 9.76. The molecule has 0 saturated heterocycles. The van der Waals surface area contributed by atoms with E-state index in [1.54, 1.807) is 0 Å². The number of amides is 1. The summed E-state index contributed by atoms with van der Waals surface area (Å²) in [6.07, 6.45) is 1.95. The molecule has 0 unspecified atom stereocenters. The van der Waals surface area contributed by atoms with Crippen LogP contribution in [0.3, 0.4) is 0 Å². The largest absolute Gasteiger partial charge is 0.465 e. The highest BCUT2D eigenvalue weighted by Crippen LogP contribution is 2.49. The smallest absolute Gasteiger partial charge is 0.405 e. The van der Waals surface area contributed by atoms with E-state index in [4.69, 9.17) is 39.9 Å². The molecule has 0 atom stereocenters. The molecular weight excluding hydrogens is 355 g/mol. The van der Waals surface area contributed by atoms with Gasteiger partial charge in [-0.15, -0.1) is 0 Å². The first-order valence-corrected chi connectivity index (χ1v) is 7.75. The summed E-state index contributed by atoms with van der Waals surface area (Å²) >= 11 is 18.0. The number of rotatable bonds is 3. The first kappa shape index (κ1) is 17.1. The number of carbonyl (C=O) groups is 1. The van der Waals surface area contributed by atoms with E-state index in [0.29, 0.717) is 12.8 Å². The first-order chi connectivity index (χ1) is 10.3. The van der Waals surface area contributed by atoms with Crippen molar-refractivity contribution in [2.45, 2.75) is 37.6 Å². The average molecular weight is 368 g/mol. The Hall–Kier alpha value is -1.24. The lowest BCUT2D eigenvalue weighted by molar-refractivity contribution is -0.386. The van der Waals surface area contributed by atoms with Gasteiger partial charge in [0.1, 0.15) is 5.02 Å². The molecule has 9 heteroatoms. The van der Waals surface area contributed by atoms with Crippen LogP contribution in [0.4, 0.5) is 10.5 Å². The van der Waals surface area contributed by atoms with E-state index >= 15 is 0 Å². The highest BCUT2D eigenvalue weighted by molar-refractivity contribution is 6.45. The minimum Gasteiger partial charge on any atom is -0.465 e. The van der Waals surface area contributed by atoms with Gasteiger partial charge in [-0.25, -0.2) is 4.79 Å². The van der Waals surface area contributed by atoms with Gasteiger partial charge in [0.05, 0.1) is 26.1 Å². The van der Waals surface area contributed by atoms with Gasteiger partial charge in [0.2, 0.25) is 0 Å². The second kappa shape index (κ2) is 6.48. The summed E-state index contributed by atoms with van der Waals surface area (Å²) in [5.41, 5.74) is -1.47. The second-order valence-electron chi connectivity index (χ2n) is 5.21. The van der Waals surface area contributed by atoms with E-state index in [1.807, 2.05) is 0 Å². The summed E-state index contributed by atoms with van der Waals surface area (Å²) in [6, 6.07) is 1.31. The Labute approximate surface area is 141 Å². The Morgan fingerprint density at radius 2 is 1.82 bits per heavy atom. The molecular formula is C13H13Cl3N2O4. The van der Waals surface area contributed by atoms with Gasteiger partial charge in [-0.1, -0.05) is 54.1 Å². The topological polar surface area (TPSA) is 92.5 Å². The van der Waals surface area contributed by atoms with Gasteiger partial charge in [0.25, 0.3) is 5.69 Å². The molecule has 6 nitrogen and oxygen atoms in total. The van der Waals surface area contributed by atoms with Crippen molar-refractivity contribution in [3.8, 4) is 0 Å². The number of halogens is 3. The zero-order valence-corrected chi connectivity index (χ0v) is 13.6. The molecule has 1 aliphatic rings. The summed E-state index contributed by atoms with van der Waals surface area (Å²) in [4.78, 5) is 22.0. The van der Waals surface area contributed by atoms with Gasteiger partial charge in [-0.05, 0) is 18.9 Å². The third-order valence-corrected chi connectivity index (χ3v) is 4.94. The Kier molecular flexibility index (Phi) is 5.04. The van der Waals surface area contributed by atoms with Crippen LogP contribution in [0.2, 0.25) is 15.1 Å². The number of nitro groups is 1. The number of benzene rings is 1. The zero-order chi connectivity index (χ0) is 16.5. The first-order valence-electron chi connectivity index (χ1n) is 6.62. The van der Waals surface area contributed by atoms with Gasteiger partial charge < -0.3 is 10.4 Å². The van der Waals surface area contributed by atoms with Gasteiger partial charge in [0.15, 0.2) is 0 Å². The van der Waals surface area contributed by atoms with Crippen molar-refractivity contribution in [3.63, 3.8) is 0 Å². The molecule has 2 N–H and O–H groups in total.